The maximum Gasteiger partial charge on any atom is 0.145 e. The van der Waals surface area contributed by atoms with Crippen molar-refractivity contribution in [2.45, 2.75) is 31.7 Å². The third kappa shape index (κ3) is 1.30. The Bertz CT molecular complexity index is 397. The van der Waals surface area contributed by atoms with Gasteiger partial charge in [0, 0.05) is 10.8 Å². The molecule has 0 aromatic carbocycles. The Morgan fingerprint density at radius 2 is 1.94 bits per heavy atom. The van der Waals surface area contributed by atoms with E-state index in [4.69, 9.17) is 5.53 Å². The van der Waals surface area contributed by atoms with Crippen molar-refractivity contribution in [2.75, 3.05) is 0 Å². The number of allylic oxidation sites excluding steroid dienone is 2. The molecule has 16 heavy (non-hydrogen) atoms. The van der Waals surface area contributed by atoms with Crippen LogP contribution in [-0.2, 0) is 4.79 Å². The van der Waals surface area contributed by atoms with Crippen molar-refractivity contribution >= 4 is 5.78 Å². The summed E-state index contributed by atoms with van der Waals surface area (Å²) in [5.41, 5.74) is 8.46. The molecule has 0 aromatic heterocycles. The Morgan fingerprint density at radius 1 is 1.19 bits per heavy atom. The number of fused-ring (bicyclic) bond motifs is 1. The van der Waals surface area contributed by atoms with Crippen LogP contribution in [0.5, 0.6) is 0 Å². The number of carbonyl (C=O) groups is 1. The van der Waals surface area contributed by atoms with Gasteiger partial charge in [0.1, 0.15) is 5.78 Å². The first-order valence-electron chi connectivity index (χ1n) is 6.07. The van der Waals surface area contributed by atoms with E-state index in [2.05, 4.69) is 22.2 Å². The van der Waals surface area contributed by atoms with E-state index in [-0.39, 0.29) is 17.7 Å². The lowest BCUT2D eigenvalue weighted by Gasteiger charge is -2.47. The molecular weight excluding hydrogens is 202 g/mol. The summed E-state index contributed by atoms with van der Waals surface area (Å²) in [5, 5.41) is 3.65. The van der Waals surface area contributed by atoms with Gasteiger partial charge in [-0.05, 0) is 49.0 Å². The lowest BCUT2D eigenvalue weighted by Crippen LogP contribution is -2.48. The van der Waals surface area contributed by atoms with Crippen molar-refractivity contribution in [3.63, 3.8) is 0 Å². The maximum atomic E-state index is 12.2. The van der Waals surface area contributed by atoms with Gasteiger partial charge in [-0.3, -0.25) is 4.79 Å². The minimum Gasteiger partial charge on any atom is -0.299 e. The number of Topliss-reactive ketones (excluding diaryl/α,β-unsaturated/α-hetero) is 1. The fraction of sp³-hybridized carbons (Fsp3) is 0.750. The van der Waals surface area contributed by atoms with Gasteiger partial charge < -0.3 is 0 Å². The molecule has 84 valence electrons. The SMILES string of the molecule is [N-]=[N+]=NC1CC[C@@H]2[C@H](C1=O)[C@@H]1C=C[C@H]2CC1. The van der Waals surface area contributed by atoms with Crippen LogP contribution in [0.4, 0.5) is 0 Å². The van der Waals surface area contributed by atoms with E-state index in [1.54, 1.807) is 0 Å². The Kier molecular flexibility index (Phi) is 2.25. The summed E-state index contributed by atoms with van der Waals surface area (Å²) < 4.78 is 0. The third-order valence-electron chi connectivity index (χ3n) is 4.53. The highest BCUT2D eigenvalue weighted by molar-refractivity contribution is 5.88. The maximum absolute atomic E-state index is 12.2. The monoisotopic (exact) mass is 217 g/mol. The minimum absolute atomic E-state index is 0.146. The Hall–Kier alpha value is -1.28. The largest absolute Gasteiger partial charge is 0.299 e. The zero-order valence-corrected chi connectivity index (χ0v) is 9.12. The molecule has 0 amide bonds. The van der Waals surface area contributed by atoms with E-state index in [9.17, 15) is 4.79 Å². The van der Waals surface area contributed by atoms with Crippen LogP contribution < -0.4 is 0 Å². The summed E-state index contributed by atoms with van der Waals surface area (Å²) in [4.78, 5) is 15.0. The summed E-state index contributed by atoms with van der Waals surface area (Å²) in [6, 6.07) is -0.390. The molecule has 2 saturated carbocycles. The molecule has 5 atom stereocenters. The zero-order valence-electron chi connectivity index (χ0n) is 9.12. The fourth-order valence-corrected chi connectivity index (χ4v) is 3.81. The van der Waals surface area contributed by atoms with Gasteiger partial charge in [-0.25, -0.2) is 0 Å². The van der Waals surface area contributed by atoms with Crippen molar-refractivity contribution in [1.29, 1.82) is 0 Å². The van der Waals surface area contributed by atoms with Crippen LogP contribution in [-0.4, -0.2) is 11.8 Å². The standard InChI is InChI=1S/C12H15N3O/c13-15-14-10-6-5-9-7-1-3-8(4-2-7)11(9)12(10)16/h1,3,7-11H,2,4-6H2/t7-,8+,9-,10?,11+/m0/s1. The smallest absolute Gasteiger partial charge is 0.145 e. The number of hydrogen-bond donors (Lipinski definition) is 0. The second kappa shape index (κ2) is 3.63. The highest BCUT2D eigenvalue weighted by atomic mass is 16.1. The quantitative estimate of drug-likeness (QED) is 0.288. The van der Waals surface area contributed by atoms with Crippen molar-refractivity contribution in [3.05, 3.63) is 22.6 Å². The first-order valence-corrected chi connectivity index (χ1v) is 6.07. The molecule has 0 heterocycles. The Morgan fingerprint density at radius 3 is 2.62 bits per heavy atom. The van der Waals surface area contributed by atoms with E-state index in [1.807, 2.05) is 0 Å². The second-order valence-corrected chi connectivity index (χ2v) is 5.18. The molecule has 0 spiro atoms. The third-order valence-corrected chi connectivity index (χ3v) is 4.53. The summed E-state index contributed by atoms with van der Waals surface area (Å²) in [6.45, 7) is 0. The summed E-state index contributed by atoms with van der Waals surface area (Å²) in [5.74, 6) is 1.90. The highest BCUT2D eigenvalue weighted by Gasteiger charge is 2.48. The van der Waals surface area contributed by atoms with Crippen molar-refractivity contribution in [2.24, 2.45) is 28.8 Å². The van der Waals surface area contributed by atoms with Gasteiger partial charge in [0.15, 0.2) is 0 Å². The Balaban J connectivity index is 1.90. The molecule has 4 aliphatic rings. The average Bonchev–Trinajstić information content (AvgIpc) is 2.34. The highest BCUT2D eigenvalue weighted by Crippen LogP contribution is 2.50. The van der Waals surface area contributed by atoms with Gasteiger partial charge in [-0.15, -0.1) is 0 Å². The van der Waals surface area contributed by atoms with Gasteiger partial charge in [-0.1, -0.05) is 17.3 Å². The molecule has 4 rings (SSSR count). The van der Waals surface area contributed by atoms with E-state index in [0.29, 0.717) is 17.8 Å². The average molecular weight is 217 g/mol. The van der Waals surface area contributed by atoms with Crippen LogP contribution in [0.25, 0.3) is 10.4 Å². The molecule has 4 heteroatoms. The van der Waals surface area contributed by atoms with Crippen molar-refractivity contribution < 1.29 is 4.79 Å². The van der Waals surface area contributed by atoms with E-state index in [1.165, 1.54) is 6.42 Å². The van der Waals surface area contributed by atoms with Gasteiger partial charge >= 0.3 is 0 Å². The van der Waals surface area contributed by atoms with Gasteiger partial charge in [0.2, 0.25) is 0 Å². The van der Waals surface area contributed by atoms with Gasteiger partial charge in [-0.2, -0.15) is 0 Å². The first-order chi connectivity index (χ1) is 7.81. The molecule has 4 nitrogen and oxygen atoms in total. The summed E-state index contributed by atoms with van der Waals surface area (Å²) in [7, 11) is 0. The van der Waals surface area contributed by atoms with E-state index < -0.39 is 0 Å². The molecule has 0 aliphatic heterocycles. The van der Waals surface area contributed by atoms with E-state index >= 15 is 0 Å². The van der Waals surface area contributed by atoms with E-state index in [0.717, 1.165) is 19.3 Å². The Labute approximate surface area is 94.3 Å². The number of nitrogens with zero attached hydrogens (tertiary/aromatic N) is 3. The number of azide groups is 1. The molecule has 4 aliphatic carbocycles. The predicted molar refractivity (Wildman–Crippen MR) is 59.5 cm³/mol. The fourth-order valence-electron chi connectivity index (χ4n) is 3.81. The predicted octanol–water partition coefficient (Wildman–Crippen LogP) is 2.86. The van der Waals surface area contributed by atoms with Crippen LogP contribution in [0.1, 0.15) is 25.7 Å². The van der Waals surface area contributed by atoms with Crippen LogP contribution >= 0.6 is 0 Å². The number of rotatable bonds is 1. The zero-order chi connectivity index (χ0) is 11.1. The minimum atomic E-state index is -0.390. The van der Waals surface area contributed by atoms with Crippen LogP contribution in [0.2, 0.25) is 0 Å². The van der Waals surface area contributed by atoms with Crippen molar-refractivity contribution in [1.82, 2.24) is 0 Å². The van der Waals surface area contributed by atoms with Crippen LogP contribution in [0.3, 0.4) is 0 Å². The van der Waals surface area contributed by atoms with Gasteiger partial charge in [0.05, 0.1) is 6.04 Å². The second-order valence-electron chi connectivity index (χ2n) is 5.18. The first kappa shape index (κ1) is 9.91. The van der Waals surface area contributed by atoms with Crippen LogP contribution in [0, 0.1) is 23.7 Å². The molecule has 2 fully saturated rings. The molecule has 1 unspecified atom stereocenters. The summed E-state index contributed by atoms with van der Waals surface area (Å²) in [6.07, 6.45) is 8.69. The lowest BCUT2D eigenvalue weighted by atomic mass is 9.56. The molecule has 0 N–H and O–H groups in total. The number of hydrogen-bond acceptors (Lipinski definition) is 2. The lowest BCUT2D eigenvalue weighted by molar-refractivity contribution is -0.133. The molecule has 0 radical (unpaired) electrons. The number of carbonyl (C=O) groups excluding carboxylic acids is 1. The van der Waals surface area contributed by atoms with Crippen LogP contribution in [0.15, 0.2) is 17.3 Å². The topological polar surface area (TPSA) is 65.8 Å². The molecule has 0 aromatic rings. The number of ketones is 1. The van der Waals surface area contributed by atoms with Crippen molar-refractivity contribution in [3.8, 4) is 0 Å². The normalized spacial score (nSPS) is 45.0. The molecular formula is C12H15N3O. The summed E-state index contributed by atoms with van der Waals surface area (Å²) >= 11 is 0. The van der Waals surface area contributed by atoms with Gasteiger partial charge in [0.25, 0.3) is 0 Å². The molecule has 2 bridgehead atoms. The molecule has 0 saturated heterocycles.